The molecule has 2 heterocycles. The van der Waals surface area contributed by atoms with Crippen LogP contribution in [0.15, 0.2) is 73.1 Å². The van der Waals surface area contributed by atoms with Crippen molar-refractivity contribution in [3.05, 3.63) is 73.1 Å². The quantitative estimate of drug-likeness (QED) is 0.275. The normalized spacial score (nSPS) is 10.8. The zero-order chi connectivity index (χ0) is 22.9. The first-order valence-corrected chi connectivity index (χ1v) is 11.5. The van der Waals surface area contributed by atoms with Crippen molar-refractivity contribution in [3.8, 4) is 22.9 Å². The smallest absolute Gasteiger partial charge is 0.163 e. The minimum absolute atomic E-state index is 0.535. The van der Waals surface area contributed by atoms with E-state index in [2.05, 4.69) is 16.8 Å². The van der Waals surface area contributed by atoms with Gasteiger partial charge in [-0.25, -0.2) is 9.97 Å². The monoisotopic (exact) mass is 442 g/mol. The van der Waals surface area contributed by atoms with Crippen LogP contribution in [-0.2, 0) is 0 Å². The summed E-state index contributed by atoms with van der Waals surface area (Å²) in [6, 6.07) is 19.8. The maximum Gasteiger partial charge on any atom is 0.163 e. The number of fused-ring (bicyclic) bond motifs is 1. The summed E-state index contributed by atoms with van der Waals surface area (Å²) in [5.41, 5.74) is 1.80. The minimum Gasteiger partial charge on any atom is -0.494 e. The second-order valence-corrected chi connectivity index (χ2v) is 7.93. The van der Waals surface area contributed by atoms with Crippen molar-refractivity contribution in [2.24, 2.45) is 0 Å². The maximum absolute atomic E-state index is 5.97. The molecule has 0 atom stereocenters. The summed E-state index contributed by atoms with van der Waals surface area (Å²) >= 11 is 0. The molecule has 33 heavy (non-hydrogen) atoms. The second-order valence-electron chi connectivity index (χ2n) is 7.93. The van der Waals surface area contributed by atoms with Crippen LogP contribution in [0.3, 0.4) is 0 Å². The zero-order valence-corrected chi connectivity index (χ0v) is 19.3. The molecule has 170 valence electrons. The first-order valence-electron chi connectivity index (χ1n) is 11.5. The van der Waals surface area contributed by atoms with Crippen molar-refractivity contribution in [2.75, 3.05) is 31.7 Å². The Morgan fingerprint density at radius 1 is 0.818 bits per heavy atom. The highest BCUT2D eigenvalue weighted by Gasteiger charge is 2.13. The van der Waals surface area contributed by atoms with Crippen molar-refractivity contribution < 1.29 is 9.47 Å². The molecule has 0 amide bonds. The number of hydrogen-bond acceptors (Lipinski definition) is 6. The Labute approximate surface area is 195 Å². The Kier molecular flexibility index (Phi) is 7.69. The Hall–Kier alpha value is -3.67. The fourth-order valence-electron chi connectivity index (χ4n) is 3.56. The van der Waals surface area contributed by atoms with E-state index in [4.69, 9.17) is 19.4 Å². The number of hydrogen-bond donors (Lipinski definition) is 0. The Morgan fingerprint density at radius 2 is 1.58 bits per heavy atom. The highest BCUT2D eigenvalue weighted by atomic mass is 16.5. The number of nitrogens with zero attached hydrogens (tertiary/aromatic N) is 4. The molecule has 0 saturated heterocycles. The first-order chi connectivity index (χ1) is 16.2. The van der Waals surface area contributed by atoms with Gasteiger partial charge >= 0.3 is 0 Å². The van der Waals surface area contributed by atoms with Crippen LogP contribution in [-0.4, -0.2) is 41.8 Å². The standard InChI is InChI=1S/C27H30N4O2/c1-3-4-7-18-32-22-12-14-23(15-13-22)33-19-17-31(2)27-24-10-5-6-11-25(24)29-26(30-27)21-9-8-16-28-20-21/h5-6,8-16,20H,3-4,7,17-19H2,1-2H3. The molecule has 0 aliphatic carbocycles. The van der Waals surface area contributed by atoms with Crippen LogP contribution in [0.25, 0.3) is 22.3 Å². The summed E-state index contributed by atoms with van der Waals surface area (Å²) in [4.78, 5) is 15.9. The molecule has 0 fully saturated rings. The van der Waals surface area contributed by atoms with Crippen molar-refractivity contribution in [1.82, 2.24) is 15.0 Å². The van der Waals surface area contributed by atoms with Gasteiger partial charge in [0.15, 0.2) is 5.82 Å². The topological polar surface area (TPSA) is 60.4 Å². The van der Waals surface area contributed by atoms with Crippen LogP contribution in [0.1, 0.15) is 26.2 Å². The number of anilines is 1. The summed E-state index contributed by atoms with van der Waals surface area (Å²) in [5, 5.41) is 1.01. The molecule has 6 heteroatoms. The molecule has 4 rings (SSSR count). The van der Waals surface area contributed by atoms with Gasteiger partial charge in [0.05, 0.1) is 18.7 Å². The average Bonchev–Trinajstić information content (AvgIpc) is 2.87. The van der Waals surface area contributed by atoms with Crippen molar-refractivity contribution >= 4 is 16.7 Å². The van der Waals surface area contributed by atoms with Gasteiger partial charge in [0, 0.05) is 30.4 Å². The fourth-order valence-corrected chi connectivity index (χ4v) is 3.56. The molecule has 0 radical (unpaired) electrons. The lowest BCUT2D eigenvalue weighted by Gasteiger charge is -2.21. The van der Waals surface area contributed by atoms with Crippen LogP contribution in [0.5, 0.6) is 11.5 Å². The Morgan fingerprint density at radius 3 is 2.30 bits per heavy atom. The van der Waals surface area contributed by atoms with Gasteiger partial charge in [-0.1, -0.05) is 31.9 Å². The summed E-state index contributed by atoms with van der Waals surface area (Å²) in [7, 11) is 2.03. The van der Waals surface area contributed by atoms with E-state index >= 15 is 0 Å². The van der Waals surface area contributed by atoms with E-state index in [1.807, 2.05) is 67.7 Å². The number of rotatable bonds is 11. The number of benzene rings is 2. The SMILES string of the molecule is CCCCCOc1ccc(OCCN(C)c2nc(-c3cccnc3)nc3ccccc23)cc1. The van der Waals surface area contributed by atoms with Gasteiger partial charge in [-0.15, -0.1) is 0 Å². The highest BCUT2D eigenvalue weighted by Crippen LogP contribution is 2.26. The predicted octanol–water partition coefficient (Wildman–Crippen LogP) is 5.78. The third-order valence-electron chi connectivity index (χ3n) is 5.40. The van der Waals surface area contributed by atoms with E-state index in [9.17, 15) is 0 Å². The van der Waals surface area contributed by atoms with E-state index in [1.54, 1.807) is 12.4 Å². The van der Waals surface area contributed by atoms with Crippen molar-refractivity contribution in [3.63, 3.8) is 0 Å². The summed E-state index contributed by atoms with van der Waals surface area (Å²) in [6.07, 6.45) is 7.01. The molecule has 2 aromatic heterocycles. The van der Waals surface area contributed by atoms with Gasteiger partial charge in [0.1, 0.15) is 23.9 Å². The number of para-hydroxylation sites is 1. The van der Waals surface area contributed by atoms with E-state index in [0.29, 0.717) is 19.0 Å². The largest absolute Gasteiger partial charge is 0.494 e. The number of unbranched alkanes of at least 4 members (excludes halogenated alkanes) is 2. The van der Waals surface area contributed by atoms with Gasteiger partial charge in [-0.3, -0.25) is 4.98 Å². The minimum atomic E-state index is 0.535. The van der Waals surface area contributed by atoms with Crippen molar-refractivity contribution in [2.45, 2.75) is 26.2 Å². The lowest BCUT2D eigenvalue weighted by Crippen LogP contribution is -2.25. The summed E-state index contributed by atoms with van der Waals surface area (Å²) < 4.78 is 11.7. The Bertz CT molecular complexity index is 1150. The molecular weight excluding hydrogens is 412 g/mol. The van der Waals surface area contributed by atoms with Gasteiger partial charge in [-0.05, 0) is 55.0 Å². The van der Waals surface area contributed by atoms with E-state index in [1.165, 1.54) is 12.8 Å². The molecular formula is C27H30N4O2. The van der Waals surface area contributed by atoms with Gasteiger partial charge in [-0.2, -0.15) is 0 Å². The lowest BCUT2D eigenvalue weighted by molar-refractivity contribution is 0.303. The molecule has 4 aromatic rings. The van der Waals surface area contributed by atoms with Gasteiger partial charge in [0.25, 0.3) is 0 Å². The molecule has 6 nitrogen and oxygen atoms in total. The van der Waals surface area contributed by atoms with Gasteiger partial charge < -0.3 is 14.4 Å². The van der Waals surface area contributed by atoms with Crippen LogP contribution in [0, 0.1) is 0 Å². The molecule has 0 aliphatic heterocycles. The molecule has 0 bridgehead atoms. The number of aromatic nitrogens is 3. The van der Waals surface area contributed by atoms with E-state index in [0.717, 1.165) is 46.8 Å². The predicted molar refractivity (Wildman–Crippen MR) is 133 cm³/mol. The second kappa shape index (κ2) is 11.3. The average molecular weight is 443 g/mol. The third-order valence-corrected chi connectivity index (χ3v) is 5.40. The maximum atomic E-state index is 5.97. The van der Waals surface area contributed by atoms with E-state index in [-0.39, 0.29) is 0 Å². The van der Waals surface area contributed by atoms with Crippen LogP contribution in [0.4, 0.5) is 5.82 Å². The van der Waals surface area contributed by atoms with E-state index < -0.39 is 0 Å². The lowest BCUT2D eigenvalue weighted by atomic mass is 10.2. The number of pyridine rings is 1. The first kappa shape index (κ1) is 22.5. The molecule has 2 aromatic carbocycles. The zero-order valence-electron chi connectivity index (χ0n) is 19.3. The number of ether oxygens (including phenoxy) is 2. The summed E-state index contributed by atoms with van der Waals surface area (Å²) in [5.74, 6) is 3.25. The van der Waals surface area contributed by atoms with Gasteiger partial charge in [0.2, 0.25) is 0 Å². The fraction of sp³-hybridized carbons (Fsp3) is 0.296. The number of likely N-dealkylation sites (N-methyl/N-ethyl adjacent to an activating group) is 1. The van der Waals surface area contributed by atoms with Crippen LogP contribution in [0.2, 0.25) is 0 Å². The molecule has 0 N–H and O–H groups in total. The van der Waals surface area contributed by atoms with Crippen molar-refractivity contribution in [1.29, 1.82) is 0 Å². The molecule has 0 aliphatic rings. The third kappa shape index (κ3) is 5.98. The highest BCUT2D eigenvalue weighted by molar-refractivity contribution is 5.90. The van der Waals surface area contributed by atoms with Crippen LogP contribution < -0.4 is 14.4 Å². The molecule has 0 spiro atoms. The Balaban J connectivity index is 1.40. The molecule has 0 saturated carbocycles. The van der Waals surface area contributed by atoms with Crippen LogP contribution >= 0.6 is 0 Å². The molecule has 0 unspecified atom stereocenters. The summed E-state index contributed by atoms with van der Waals surface area (Å²) in [6.45, 7) is 4.17.